The maximum Gasteiger partial charge on any atom is 0.243 e. The Morgan fingerprint density at radius 3 is 2.74 bits per heavy atom. The van der Waals surface area contributed by atoms with Crippen LogP contribution in [0.3, 0.4) is 0 Å². The fourth-order valence-electron chi connectivity index (χ4n) is 1.40. The minimum absolute atomic E-state index is 0.0286. The van der Waals surface area contributed by atoms with E-state index in [1.165, 1.54) is 0 Å². The number of hydrogen-bond acceptors (Lipinski definition) is 3. The first kappa shape index (κ1) is 15.9. The second-order valence-corrected chi connectivity index (χ2v) is 5.37. The van der Waals surface area contributed by atoms with E-state index in [4.69, 9.17) is 11.6 Å². The summed E-state index contributed by atoms with van der Waals surface area (Å²) in [7, 11) is 0. The van der Waals surface area contributed by atoms with Gasteiger partial charge in [-0.2, -0.15) is 11.8 Å². The van der Waals surface area contributed by atoms with Crippen molar-refractivity contribution < 1.29 is 9.59 Å². The van der Waals surface area contributed by atoms with Gasteiger partial charge in [0.05, 0.1) is 6.54 Å². The molecule has 0 atom stereocenters. The van der Waals surface area contributed by atoms with Gasteiger partial charge in [-0.15, -0.1) is 0 Å². The fourth-order valence-corrected chi connectivity index (χ4v) is 1.96. The van der Waals surface area contributed by atoms with Crippen molar-refractivity contribution in [3.05, 3.63) is 28.8 Å². The highest BCUT2D eigenvalue weighted by Gasteiger charge is 2.08. The van der Waals surface area contributed by atoms with E-state index >= 15 is 0 Å². The molecule has 104 valence electrons. The average Bonchev–Trinajstić information content (AvgIpc) is 2.39. The van der Waals surface area contributed by atoms with Gasteiger partial charge in [-0.25, -0.2) is 0 Å². The van der Waals surface area contributed by atoms with Crippen molar-refractivity contribution in [3.8, 4) is 0 Å². The summed E-state index contributed by atoms with van der Waals surface area (Å²) in [5.41, 5.74) is 1.47. The van der Waals surface area contributed by atoms with Gasteiger partial charge in [0.25, 0.3) is 0 Å². The van der Waals surface area contributed by atoms with E-state index in [1.807, 2.05) is 13.2 Å². The molecule has 0 spiro atoms. The summed E-state index contributed by atoms with van der Waals surface area (Å²) in [6.07, 6.45) is 2.35. The molecule has 0 saturated heterocycles. The van der Waals surface area contributed by atoms with E-state index in [0.717, 1.165) is 11.3 Å². The largest absolute Gasteiger partial charge is 0.347 e. The molecule has 0 bridgehead atoms. The first-order chi connectivity index (χ1) is 9.04. The molecular formula is C13H17ClN2O2S. The summed E-state index contributed by atoms with van der Waals surface area (Å²) in [6.45, 7) is 1.80. The van der Waals surface area contributed by atoms with Gasteiger partial charge in [-0.05, 0) is 30.9 Å². The lowest BCUT2D eigenvalue weighted by Gasteiger charge is -2.10. The zero-order chi connectivity index (χ0) is 14.3. The summed E-state index contributed by atoms with van der Waals surface area (Å²) in [6, 6.07) is 5.30. The minimum atomic E-state index is -0.261. The third kappa shape index (κ3) is 5.53. The van der Waals surface area contributed by atoms with E-state index in [9.17, 15) is 9.59 Å². The lowest BCUT2D eigenvalue weighted by Crippen LogP contribution is -2.33. The van der Waals surface area contributed by atoms with E-state index < -0.39 is 0 Å². The molecule has 2 N–H and O–H groups in total. The normalized spacial score (nSPS) is 10.1. The molecule has 0 unspecified atom stereocenters. The number of carbonyl (C=O) groups excluding carboxylic acids is 2. The van der Waals surface area contributed by atoms with Crippen molar-refractivity contribution in [1.29, 1.82) is 0 Å². The smallest absolute Gasteiger partial charge is 0.243 e. The third-order valence-corrected chi connectivity index (χ3v) is 3.54. The summed E-state index contributed by atoms with van der Waals surface area (Å²) in [5.74, 6) is 0.371. The maximum absolute atomic E-state index is 11.7. The Morgan fingerprint density at radius 1 is 1.32 bits per heavy atom. The Bertz CT molecular complexity index is 466. The van der Waals surface area contributed by atoms with E-state index in [2.05, 4.69) is 10.6 Å². The summed E-state index contributed by atoms with van der Waals surface area (Å²) in [4.78, 5) is 23.0. The number of hydrogen-bond donors (Lipinski definition) is 2. The standard InChI is InChI=1S/C13H17ClN2O2S/c1-9-10(14)4-3-5-11(9)16-13(18)8-15-12(17)6-7-19-2/h3-5H,6-8H2,1-2H3,(H,15,17)(H,16,18). The quantitative estimate of drug-likeness (QED) is 0.848. The molecule has 0 aliphatic carbocycles. The highest BCUT2D eigenvalue weighted by molar-refractivity contribution is 7.98. The predicted octanol–water partition coefficient (Wildman–Crippen LogP) is 2.46. The van der Waals surface area contributed by atoms with Gasteiger partial charge < -0.3 is 10.6 Å². The number of carbonyl (C=O) groups is 2. The molecule has 19 heavy (non-hydrogen) atoms. The molecule has 0 radical (unpaired) electrons. The van der Waals surface area contributed by atoms with Gasteiger partial charge in [-0.1, -0.05) is 17.7 Å². The van der Waals surface area contributed by atoms with Crippen molar-refractivity contribution in [1.82, 2.24) is 5.32 Å². The number of amides is 2. The van der Waals surface area contributed by atoms with Gasteiger partial charge in [0.2, 0.25) is 11.8 Å². The van der Waals surface area contributed by atoms with Crippen LogP contribution in [0.25, 0.3) is 0 Å². The van der Waals surface area contributed by atoms with Crippen molar-refractivity contribution in [2.45, 2.75) is 13.3 Å². The molecule has 0 aliphatic rings. The van der Waals surface area contributed by atoms with Crippen LogP contribution in [0, 0.1) is 6.92 Å². The number of benzene rings is 1. The maximum atomic E-state index is 11.7. The minimum Gasteiger partial charge on any atom is -0.347 e. The van der Waals surface area contributed by atoms with E-state index in [-0.39, 0.29) is 18.4 Å². The van der Waals surface area contributed by atoms with Crippen LogP contribution in [0.2, 0.25) is 5.02 Å². The Labute approximate surface area is 122 Å². The predicted molar refractivity (Wildman–Crippen MR) is 80.8 cm³/mol. The van der Waals surface area contributed by atoms with Crippen LogP contribution in [0.5, 0.6) is 0 Å². The van der Waals surface area contributed by atoms with Gasteiger partial charge in [0.15, 0.2) is 0 Å². The number of halogens is 1. The molecule has 0 heterocycles. The van der Waals surface area contributed by atoms with Crippen LogP contribution in [-0.4, -0.2) is 30.4 Å². The van der Waals surface area contributed by atoms with Crippen LogP contribution in [0.4, 0.5) is 5.69 Å². The van der Waals surface area contributed by atoms with Crippen molar-refractivity contribution >= 4 is 40.9 Å². The summed E-state index contributed by atoms with van der Waals surface area (Å²) < 4.78 is 0. The average molecular weight is 301 g/mol. The first-order valence-corrected chi connectivity index (χ1v) is 7.62. The highest BCUT2D eigenvalue weighted by Crippen LogP contribution is 2.22. The molecule has 6 heteroatoms. The second-order valence-electron chi connectivity index (χ2n) is 3.98. The molecule has 1 rings (SSSR count). The zero-order valence-corrected chi connectivity index (χ0v) is 12.5. The van der Waals surface area contributed by atoms with Gasteiger partial charge >= 0.3 is 0 Å². The van der Waals surface area contributed by atoms with Gasteiger partial charge in [0.1, 0.15) is 0 Å². The Morgan fingerprint density at radius 2 is 2.05 bits per heavy atom. The first-order valence-electron chi connectivity index (χ1n) is 5.85. The summed E-state index contributed by atoms with van der Waals surface area (Å²) >= 11 is 7.55. The lowest BCUT2D eigenvalue weighted by atomic mass is 10.2. The highest BCUT2D eigenvalue weighted by atomic mass is 35.5. The number of nitrogens with one attached hydrogen (secondary N) is 2. The Hall–Kier alpha value is -1.20. The molecule has 0 aliphatic heterocycles. The molecule has 1 aromatic carbocycles. The van der Waals surface area contributed by atoms with Gasteiger partial charge in [-0.3, -0.25) is 9.59 Å². The molecule has 4 nitrogen and oxygen atoms in total. The monoisotopic (exact) mass is 300 g/mol. The molecule has 0 aromatic heterocycles. The molecule has 0 fully saturated rings. The number of thioether (sulfide) groups is 1. The van der Waals surface area contributed by atoms with E-state index in [1.54, 1.807) is 30.0 Å². The number of rotatable bonds is 6. The lowest BCUT2D eigenvalue weighted by molar-refractivity contribution is -0.123. The van der Waals surface area contributed by atoms with Crippen LogP contribution < -0.4 is 10.6 Å². The van der Waals surface area contributed by atoms with Gasteiger partial charge in [0, 0.05) is 22.9 Å². The third-order valence-electron chi connectivity index (χ3n) is 2.52. The van der Waals surface area contributed by atoms with Crippen LogP contribution >= 0.6 is 23.4 Å². The molecule has 0 saturated carbocycles. The van der Waals surface area contributed by atoms with Crippen LogP contribution in [-0.2, 0) is 9.59 Å². The van der Waals surface area contributed by atoms with Crippen molar-refractivity contribution in [2.75, 3.05) is 23.9 Å². The van der Waals surface area contributed by atoms with Crippen LogP contribution in [0.1, 0.15) is 12.0 Å². The van der Waals surface area contributed by atoms with Crippen molar-refractivity contribution in [3.63, 3.8) is 0 Å². The van der Waals surface area contributed by atoms with Crippen LogP contribution in [0.15, 0.2) is 18.2 Å². The zero-order valence-electron chi connectivity index (χ0n) is 11.0. The van der Waals surface area contributed by atoms with Crippen molar-refractivity contribution in [2.24, 2.45) is 0 Å². The molecule has 1 aromatic rings. The molecule has 2 amide bonds. The Balaban J connectivity index is 2.43. The number of anilines is 1. The summed E-state index contributed by atoms with van der Waals surface area (Å²) in [5, 5.41) is 5.89. The SMILES string of the molecule is CSCCC(=O)NCC(=O)Nc1cccc(Cl)c1C. The molecular weight excluding hydrogens is 284 g/mol. The fraction of sp³-hybridized carbons (Fsp3) is 0.385. The topological polar surface area (TPSA) is 58.2 Å². The second kappa shape index (κ2) is 8.07. The van der Waals surface area contributed by atoms with E-state index in [0.29, 0.717) is 17.1 Å². The Kier molecular flexibility index (Phi) is 6.73.